The summed E-state index contributed by atoms with van der Waals surface area (Å²) in [6.45, 7) is 0. The molecule has 0 aromatic rings. The van der Waals surface area contributed by atoms with E-state index in [1.54, 1.807) is 0 Å². The van der Waals surface area contributed by atoms with Gasteiger partial charge in [-0.3, -0.25) is 0 Å². The Labute approximate surface area is 62.5 Å². The molecular formula is C6H10Cl2. The molecule has 0 heterocycles. The van der Waals surface area contributed by atoms with Crippen LogP contribution in [0.2, 0.25) is 0 Å². The van der Waals surface area contributed by atoms with Crippen molar-refractivity contribution < 1.29 is 0 Å². The van der Waals surface area contributed by atoms with Crippen molar-refractivity contribution in [2.45, 2.75) is 12.8 Å². The lowest BCUT2D eigenvalue weighted by atomic mass is 10.2. The molecule has 1 rings (SSSR count). The van der Waals surface area contributed by atoms with E-state index in [-0.39, 0.29) is 24.8 Å². The molecule has 1 aliphatic rings. The molecule has 1 aliphatic carbocycles. The molecule has 2 heteroatoms. The minimum atomic E-state index is 0. The maximum absolute atomic E-state index is 2.18. The zero-order chi connectivity index (χ0) is 4.24. The van der Waals surface area contributed by atoms with Crippen LogP contribution in [0, 0.1) is 0 Å². The van der Waals surface area contributed by atoms with Crippen molar-refractivity contribution in [2.75, 3.05) is 0 Å². The van der Waals surface area contributed by atoms with Crippen molar-refractivity contribution in [1.82, 2.24) is 0 Å². The van der Waals surface area contributed by atoms with Gasteiger partial charge in [-0.1, -0.05) is 24.3 Å². The predicted molar refractivity (Wildman–Crippen MR) is 42.0 cm³/mol. The first-order valence-electron chi connectivity index (χ1n) is 2.32. The van der Waals surface area contributed by atoms with Crippen LogP contribution in [0.15, 0.2) is 24.3 Å². The molecule has 8 heavy (non-hydrogen) atoms. The number of halogens is 2. The zero-order valence-corrected chi connectivity index (χ0v) is 6.17. The van der Waals surface area contributed by atoms with Gasteiger partial charge in [0.15, 0.2) is 0 Å². The number of hydrogen-bond acceptors (Lipinski definition) is 0. The Hall–Kier alpha value is 0.0600. The van der Waals surface area contributed by atoms with Gasteiger partial charge in [-0.25, -0.2) is 0 Å². The highest BCUT2D eigenvalue weighted by Crippen LogP contribution is 1.98. The molecule has 0 bridgehead atoms. The van der Waals surface area contributed by atoms with Crippen LogP contribution in [0.25, 0.3) is 0 Å². The molecule has 0 aromatic heterocycles. The zero-order valence-electron chi connectivity index (χ0n) is 4.54. The Morgan fingerprint density at radius 3 is 1.25 bits per heavy atom. The minimum absolute atomic E-state index is 0. The van der Waals surface area contributed by atoms with Gasteiger partial charge in [0.2, 0.25) is 0 Å². The first-order chi connectivity index (χ1) is 3.00. The van der Waals surface area contributed by atoms with E-state index in [2.05, 4.69) is 24.3 Å². The lowest BCUT2D eigenvalue weighted by Crippen LogP contribution is -1.67. The summed E-state index contributed by atoms with van der Waals surface area (Å²) < 4.78 is 0. The summed E-state index contributed by atoms with van der Waals surface area (Å²) in [6, 6.07) is 0. The number of hydrogen-bond donors (Lipinski definition) is 0. The minimum Gasteiger partial charge on any atom is -0.147 e. The van der Waals surface area contributed by atoms with Crippen molar-refractivity contribution in [3.05, 3.63) is 24.3 Å². The van der Waals surface area contributed by atoms with E-state index in [1.807, 2.05) is 0 Å². The van der Waals surface area contributed by atoms with Crippen molar-refractivity contribution in [3.8, 4) is 0 Å². The van der Waals surface area contributed by atoms with E-state index in [9.17, 15) is 0 Å². The van der Waals surface area contributed by atoms with Gasteiger partial charge in [0.1, 0.15) is 0 Å². The molecule has 0 aliphatic heterocycles. The van der Waals surface area contributed by atoms with Crippen LogP contribution in [0.3, 0.4) is 0 Å². The van der Waals surface area contributed by atoms with Crippen molar-refractivity contribution in [2.24, 2.45) is 0 Å². The molecule has 0 aromatic carbocycles. The Morgan fingerprint density at radius 2 is 1.12 bits per heavy atom. The largest absolute Gasteiger partial charge is 0.147 e. The lowest BCUT2D eigenvalue weighted by Gasteiger charge is -1.88. The van der Waals surface area contributed by atoms with Crippen LogP contribution < -0.4 is 0 Å². The van der Waals surface area contributed by atoms with Gasteiger partial charge in [0.25, 0.3) is 0 Å². The molecule has 0 amide bonds. The van der Waals surface area contributed by atoms with E-state index in [0.29, 0.717) is 0 Å². The SMILES string of the molecule is C1=CCCC=C1.Cl.Cl. The van der Waals surface area contributed by atoms with Crippen LogP contribution in [-0.2, 0) is 0 Å². The Balaban J connectivity index is 0. The third-order valence-electron chi connectivity index (χ3n) is 0.883. The highest BCUT2D eigenvalue weighted by Gasteiger charge is 1.77. The van der Waals surface area contributed by atoms with Crippen LogP contribution in [0.4, 0.5) is 0 Å². The monoisotopic (exact) mass is 152 g/mol. The summed E-state index contributed by atoms with van der Waals surface area (Å²) in [5, 5.41) is 0. The van der Waals surface area contributed by atoms with Gasteiger partial charge < -0.3 is 0 Å². The summed E-state index contributed by atoms with van der Waals surface area (Å²) >= 11 is 0. The predicted octanol–water partition coefficient (Wildman–Crippen LogP) is 2.74. The first-order valence-corrected chi connectivity index (χ1v) is 2.32. The molecule has 0 fully saturated rings. The van der Waals surface area contributed by atoms with Crippen LogP contribution in [-0.4, -0.2) is 0 Å². The van der Waals surface area contributed by atoms with Gasteiger partial charge >= 0.3 is 0 Å². The maximum atomic E-state index is 2.18. The van der Waals surface area contributed by atoms with Crippen LogP contribution >= 0.6 is 24.8 Å². The van der Waals surface area contributed by atoms with E-state index < -0.39 is 0 Å². The van der Waals surface area contributed by atoms with Crippen molar-refractivity contribution in [3.63, 3.8) is 0 Å². The molecule has 0 spiro atoms. The topological polar surface area (TPSA) is 0 Å². The highest BCUT2D eigenvalue weighted by atomic mass is 35.5. The number of rotatable bonds is 0. The smallest absolute Gasteiger partial charge is 0.0313 e. The molecular weight excluding hydrogens is 143 g/mol. The fraction of sp³-hybridized carbons (Fsp3) is 0.333. The van der Waals surface area contributed by atoms with Gasteiger partial charge in [-0.05, 0) is 12.8 Å². The second-order valence-corrected chi connectivity index (χ2v) is 1.43. The first kappa shape index (κ1) is 10.9. The second-order valence-electron chi connectivity index (χ2n) is 1.43. The van der Waals surface area contributed by atoms with Gasteiger partial charge in [-0.15, -0.1) is 24.8 Å². The Kier molecular flexibility index (Phi) is 9.65. The standard InChI is InChI=1S/C6H8.2ClH/c1-2-4-6-5-3-1;;/h1-4H,5-6H2;2*1H. The van der Waals surface area contributed by atoms with Gasteiger partial charge in [0, 0.05) is 0 Å². The summed E-state index contributed by atoms with van der Waals surface area (Å²) in [5.74, 6) is 0. The molecule has 0 radical (unpaired) electrons. The van der Waals surface area contributed by atoms with Crippen molar-refractivity contribution >= 4 is 24.8 Å². The summed E-state index contributed by atoms with van der Waals surface area (Å²) in [6.07, 6.45) is 11.0. The van der Waals surface area contributed by atoms with E-state index in [1.165, 1.54) is 12.8 Å². The second kappa shape index (κ2) is 7.06. The van der Waals surface area contributed by atoms with Crippen LogP contribution in [0.1, 0.15) is 12.8 Å². The third kappa shape index (κ3) is 4.23. The van der Waals surface area contributed by atoms with E-state index >= 15 is 0 Å². The lowest BCUT2D eigenvalue weighted by molar-refractivity contribution is 1.04. The highest BCUT2D eigenvalue weighted by molar-refractivity contribution is 5.85. The molecule has 0 atom stereocenters. The third-order valence-corrected chi connectivity index (χ3v) is 0.883. The average Bonchev–Trinajstić information content (AvgIpc) is 1.72. The molecule has 48 valence electrons. The molecule has 0 N–H and O–H groups in total. The number of allylic oxidation sites excluding steroid dienone is 4. The summed E-state index contributed by atoms with van der Waals surface area (Å²) in [5.41, 5.74) is 0. The Morgan fingerprint density at radius 1 is 0.750 bits per heavy atom. The average molecular weight is 153 g/mol. The molecule has 0 nitrogen and oxygen atoms in total. The fourth-order valence-electron chi connectivity index (χ4n) is 0.542. The van der Waals surface area contributed by atoms with Gasteiger partial charge in [-0.2, -0.15) is 0 Å². The summed E-state index contributed by atoms with van der Waals surface area (Å²) in [7, 11) is 0. The molecule has 0 saturated carbocycles. The van der Waals surface area contributed by atoms with Gasteiger partial charge in [0.05, 0.1) is 0 Å². The fourth-order valence-corrected chi connectivity index (χ4v) is 0.542. The molecule has 0 unspecified atom stereocenters. The summed E-state index contributed by atoms with van der Waals surface area (Å²) in [4.78, 5) is 0. The molecule has 0 saturated heterocycles. The van der Waals surface area contributed by atoms with Crippen molar-refractivity contribution in [1.29, 1.82) is 0 Å². The maximum Gasteiger partial charge on any atom is -0.0313 e. The normalized spacial score (nSPS) is 14.0. The van der Waals surface area contributed by atoms with Crippen LogP contribution in [0.5, 0.6) is 0 Å². The van der Waals surface area contributed by atoms with E-state index in [4.69, 9.17) is 0 Å². The Bertz CT molecular complexity index is 72.5. The van der Waals surface area contributed by atoms with E-state index in [0.717, 1.165) is 0 Å². The quantitative estimate of drug-likeness (QED) is 0.501.